The predicted octanol–water partition coefficient (Wildman–Crippen LogP) is 3.61. The van der Waals surface area contributed by atoms with Gasteiger partial charge in [0.25, 0.3) is 0 Å². The smallest absolute Gasteiger partial charge is 0.315 e. The van der Waals surface area contributed by atoms with E-state index in [4.69, 9.17) is 0 Å². The summed E-state index contributed by atoms with van der Waals surface area (Å²) in [5.41, 5.74) is 5.16. The summed E-state index contributed by atoms with van der Waals surface area (Å²) >= 11 is 1.56. The zero-order valence-electron chi connectivity index (χ0n) is 14.2. The van der Waals surface area contributed by atoms with Crippen LogP contribution in [0.5, 0.6) is 0 Å². The summed E-state index contributed by atoms with van der Waals surface area (Å²) in [7, 11) is 0. The summed E-state index contributed by atoms with van der Waals surface area (Å²) in [5, 5.41) is 5.92. The monoisotopic (exact) mass is 344 g/mol. The molecule has 0 saturated carbocycles. The summed E-state index contributed by atoms with van der Waals surface area (Å²) in [5.74, 6) is 0. The third-order valence-electron chi connectivity index (χ3n) is 4.44. The molecule has 1 aromatic carbocycles. The van der Waals surface area contributed by atoms with Gasteiger partial charge in [0.1, 0.15) is 0 Å². The zero-order chi connectivity index (χ0) is 16.9. The Labute approximate surface area is 147 Å². The van der Waals surface area contributed by atoms with Gasteiger partial charge < -0.3 is 15.5 Å². The number of rotatable bonds is 5. The fourth-order valence-electron chi connectivity index (χ4n) is 2.95. The number of benzene rings is 1. The lowest BCUT2D eigenvalue weighted by atomic mass is 10.1. The zero-order valence-corrected chi connectivity index (χ0v) is 15.0. The van der Waals surface area contributed by atoms with E-state index in [9.17, 15) is 4.79 Å². The van der Waals surface area contributed by atoms with Crippen LogP contribution in [0.3, 0.4) is 0 Å². The Kier molecular flexibility index (Phi) is 5.35. The summed E-state index contributed by atoms with van der Waals surface area (Å²) in [6, 6.07) is 8.28. The Balaban J connectivity index is 1.56. The van der Waals surface area contributed by atoms with E-state index in [1.165, 1.54) is 18.5 Å². The first-order valence-electron chi connectivity index (χ1n) is 8.41. The molecule has 5 nitrogen and oxygen atoms in total. The van der Waals surface area contributed by atoms with E-state index in [1.54, 1.807) is 16.8 Å². The van der Waals surface area contributed by atoms with Crippen LogP contribution in [-0.2, 0) is 6.54 Å². The second kappa shape index (κ2) is 7.66. The molecule has 1 aromatic heterocycles. The predicted molar refractivity (Wildman–Crippen MR) is 98.5 cm³/mol. The highest BCUT2D eigenvalue weighted by Gasteiger charge is 2.15. The second-order valence-corrected chi connectivity index (χ2v) is 7.14. The molecule has 0 spiro atoms. The van der Waals surface area contributed by atoms with Crippen LogP contribution in [0.4, 0.5) is 10.5 Å². The largest absolute Gasteiger partial charge is 0.372 e. The number of hydrogen-bond donors (Lipinski definition) is 2. The number of carbonyl (C=O) groups excluding carboxylic acids is 1. The number of anilines is 1. The minimum Gasteiger partial charge on any atom is -0.372 e. The molecule has 1 aliphatic rings. The van der Waals surface area contributed by atoms with Crippen molar-refractivity contribution in [1.29, 1.82) is 0 Å². The van der Waals surface area contributed by atoms with Crippen LogP contribution >= 0.6 is 11.3 Å². The van der Waals surface area contributed by atoms with Gasteiger partial charge in [-0.15, -0.1) is 11.3 Å². The fraction of sp³-hybridized carbons (Fsp3) is 0.444. The SMILES string of the molecule is Cc1ncsc1CNC(=O)N[C@H](C)c1cccc(N2CCCC2)c1. The molecule has 0 radical (unpaired) electrons. The molecule has 128 valence electrons. The first-order valence-corrected chi connectivity index (χ1v) is 9.29. The van der Waals surface area contributed by atoms with E-state index >= 15 is 0 Å². The van der Waals surface area contributed by atoms with Crippen molar-refractivity contribution in [2.24, 2.45) is 0 Å². The molecule has 1 fully saturated rings. The van der Waals surface area contributed by atoms with E-state index < -0.39 is 0 Å². The molecule has 0 aliphatic carbocycles. The quantitative estimate of drug-likeness (QED) is 0.871. The van der Waals surface area contributed by atoms with E-state index in [0.29, 0.717) is 6.54 Å². The Bertz CT molecular complexity index is 694. The van der Waals surface area contributed by atoms with Crippen molar-refractivity contribution in [1.82, 2.24) is 15.6 Å². The van der Waals surface area contributed by atoms with Crippen LogP contribution in [0.2, 0.25) is 0 Å². The number of aromatic nitrogens is 1. The summed E-state index contributed by atoms with van der Waals surface area (Å²) in [4.78, 5) is 19.8. The molecule has 2 N–H and O–H groups in total. The molecule has 6 heteroatoms. The van der Waals surface area contributed by atoms with E-state index in [0.717, 1.165) is 29.2 Å². The van der Waals surface area contributed by atoms with Crippen LogP contribution in [0.1, 0.15) is 41.9 Å². The number of thiazole rings is 1. The molecular formula is C18H24N4OS. The summed E-state index contributed by atoms with van der Waals surface area (Å²) in [6.07, 6.45) is 2.52. The van der Waals surface area contributed by atoms with Crippen molar-refractivity contribution < 1.29 is 4.79 Å². The maximum absolute atomic E-state index is 12.1. The summed E-state index contributed by atoms with van der Waals surface area (Å²) in [6.45, 7) is 6.74. The molecule has 2 heterocycles. The first-order chi connectivity index (χ1) is 11.6. The topological polar surface area (TPSA) is 57.3 Å². The van der Waals surface area contributed by atoms with Crippen molar-refractivity contribution in [2.75, 3.05) is 18.0 Å². The van der Waals surface area contributed by atoms with Gasteiger partial charge in [0, 0.05) is 23.7 Å². The number of nitrogens with zero attached hydrogens (tertiary/aromatic N) is 2. The third-order valence-corrected chi connectivity index (χ3v) is 5.38. The molecule has 1 atom stereocenters. The maximum atomic E-state index is 12.1. The lowest BCUT2D eigenvalue weighted by Gasteiger charge is -2.21. The van der Waals surface area contributed by atoms with Crippen LogP contribution in [0, 0.1) is 6.92 Å². The minimum absolute atomic E-state index is 0.0323. The molecular weight excluding hydrogens is 320 g/mol. The Morgan fingerprint density at radius 3 is 2.88 bits per heavy atom. The number of urea groups is 1. The molecule has 0 bridgehead atoms. The van der Waals surface area contributed by atoms with Gasteiger partial charge >= 0.3 is 6.03 Å². The van der Waals surface area contributed by atoms with Crippen molar-refractivity contribution in [2.45, 2.75) is 39.3 Å². The van der Waals surface area contributed by atoms with E-state index in [2.05, 4.69) is 44.8 Å². The normalized spacial score (nSPS) is 15.3. The van der Waals surface area contributed by atoms with Crippen molar-refractivity contribution in [3.05, 3.63) is 45.9 Å². The van der Waals surface area contributed by atoms with Gasteiger partial charge in [-0.3, -0.25) is 0 Å². The molecule has 1 saturated heterocycles. The number of carbonyl (C=O) groups is 1. The standard InChI is InChI=1S/C18H24N4OS/c1-13(21-18(23)19-11-17-14(2)20-12-24-17)15-6-5-7-16(10-15)22-8-3-4-9-22/h5-7,10,12-13H,3-4,8-9,11H2,1-2H3,(H2,19,21,23)/t13-/m1/s1. The van der Waals surface area contributed by atoms with Crippen LogP contribution < -0.4 is 15.5 Å². The summed E-state index contributed by atoms with van der Waals surface area (Å²) < 4.78 is 0. The maximum Gasteiger partial charge on any atom is 0.315 e. The molecule has 1 aliphatic heterocycles. The van der Waals surface area contributed by atoms with Crippen molar-refractivity contribution >= 4 is 23.1 Å². The minimum atomic E-state index is -0.151. The molecule has 2 aromatic rings. The van der Waals surface area contributed by atoms with Gasteiger partial charge in [-0.05, 0) is 44.4 Å². The van der Waals surface area contributed by atoms with E-state index in [1.807, 2.05) is 13.8 Å². The molecule has 3 rings (SSSR count). The Morgan fingerprint density at radius 2 is 2.17 bits per heavy atom. The van der Waals surface area contributed by atoms with Gasteiger partial charge in [0.2, 0.25) is 0 Å². The van der Waals surface area contributed by atoms with Crippen LogP contribution in [0.25, 0.3) is 0 Å². The number of nitrogens with one attached hydrogen (secondary N) is 2. The van der Waals surface area contributed by atoms with Gasteiger partial charge in [-0.25, -0.2) is 9.78 Å². The van der Waals surface area contributed by atoms with E-state index in [-0.39, 0.29) is 12.1 Å². The van der Waals surface area contributed by atoms with Crippen molar-refractivity contribution in [3.63, 3.8) is 0 Å². The molecule has 24 heavy (non-hydrogen) atoms. The van der Waals surface area contributed by atoms with Gasteiger partial charge in [0.15, 0.2) is 0 Å². The van der Waals surface area contributed by atoms with Crippen LogP contribution in [-0.4, -0.2) is 24.1 Å². The van der Waals surface area contributed by atoms with Crippen molar-refractivity contribution in [3.8, 4) is 0 Å². The number of aryl methyl sites for hydroxylation is 1. The number of amides is 2. The number of hydrogen-bond acceptors (Lipinski definition) is 4. The average molecular weight is 344 g/mol. The third kappa shape index (κ3) is 4.06. The first kappa shape index (κ1) is 16.8. The Hall–Kier alpha value is -2.08. The van der Waals surface area contributed by atoms with Gasteiger partial charge in [-0.2, -0.15) is 0 Å². The van der Waals surface area contributed by atoms with Crippen LogP contribution in [0.15, 0.2) is 29.8 Å². The Morgan fingerprint density at radius 1 is 1.38 bits per heavy atom. The highest BCUT2D eigenvalue weighted by molar-refractivity contribution is 7.09. The lowest BCUT2D eigenvalue weighted by Crippen LogP contribution is -2.36. The average Bonchev–Trinajstić information content (AvgIpc) is 3.25. The second-order valence-electron chi connectivity index (χ2n) is 6.20. The van der Waals surface area contributed by atoms with Gasteiger partial charge in [-0.1, -0.05) is 12.1 Å². The fourth-order valence-corrected chi connectivity index (χ4v) is 3.67. The highest BCUT2D eigenvalue weighted by atomic mass is 32.1. The lowest BCUT2D eigenvalue weighted by molar-refractivity contribution is 0.237. The highest BCUT2D eigenvalue weighted by Crippen LogP contribution is 2.24. The molecule has 0 unspecified atom stereocenters. The molecule has 2 amide bonds. The van der Waals surface area contributed by atoms with Gasteiger partial charge in [0.05, 0.1) is 23.8 Å².